The largest absolute Gasteiger partial charge is 0.507 e. The van der Waals surface area contributed by atoms with E-state index in [0.29, 0.717) is 5.69 Å². The number of nitroso groups, excluding NO2 is 1. The summed E-state index contributed by atoms with van der Waals surface area (Å²) >= 11 is 2.08. The number of aromatic hydroxyl groups is 1. The molecule has 18 heavy (non-hydrogen) atoms. The van der Waals surface area contributed by atoms with Crippen LogP contribution >= 0.6 is 22.6 Å². The molecule has 0 aliphatic carbocycles. The highest BCUT2D eigenvalue weighted by Gasteiger charge is 2.29. The second-order valence-electron chi connectivity index (χ2n) is 6.57. The summed E-state index contributed by atoms with van der Waals surface area (Å²) in [5, 5.41) is 13.6. The maximum absolute atomic E-state index is 11.0. The van der Waals surface area contributed by atoms with Gasteiger partial charge in [-0.3, -0.25) is 0 Å². The van der Waals surface area contributed by atoms with E-state index in [1.165, 1.54) is 0 Å². The van der Waals surface area contributed by atoms with E-state index in [-0.39, 0.29) is 16.6 Å². The van der Waals surface area contributed by atoms with Crippen LogP contribution in [0.3, 0.4) is 0 Å². The number of nitrogens with zero attached hydrogens (tertiary/aromatic N) is 1. The van der Waals surface area contributed by atoms with Crippen molar-refractivity contribution >= 4 is 28.3 Å². The van der Waals surface area contributed by atoms with Crippen LogP contribution in [0.25, 0.3) is 0 Å². The Hall–Kier alpha value is -0.650. The van der Waals surface area contributed by atoms with Crippen molar-refractivity contribution in [1.82, 2.24) is 0 Å². The molecule has 0 unspecified atom stereocenters. The number of rotatable bonds is 1. The average Bonchev–Trinajstić information content (AvgIpc) is 2.13. The van der Waals surface area contributed by atoms with E-state index in [4.69, 9.17) is 0 Å². The van der Waals surface area contributed by atoms with Gasteiger partial charge in [0.05, 0.1) is 0 Å². The van der Waals surface area contributed by atoms with Crippen molar-refractivity contribution in [3.8, 4) is 5.75 Å². The molecule has 0 bridgehead atoms. The number of benzene rings is 1. The Balaban J connectivity index is 3.76. The monoisotopic (exact) mass is 361 g/mol. The maximum atomic E-state index is 11.0. The van der Waals surface area contributed by atoms with Gasteiger partial charge in [0.15, 0.2) is 0 Å². The van der Waals surface area contributed by atoms with Crippen LogP contribution in [0.2, 0.25) is 0 Å². The van der Waals surface area contributed by atoms with Gasteiger partial charge in [-0.05, 0) is 44.7 Å². The van der Waals surface area contributed by atoms with Crippen molar-refractivity contribution in [3.63, 3.8) is 0 Å². The molecule has 4 heteroatoms. The van der Waals surface area contributed by atoms with E-state index in [1.807, 2.05) is 41.5 Å². The molecule has 0 atom stereocenters. The molecule has 0 aliphatic rings. The molecule has 1 aromatic rings. The van der Waals surface area contributed by atoms with Crippen LogP contribution in [-0.2, 0) is 10.8 Å². The summed E-state index contributed by atoms with van der Waals surface area (Å²) in [6.07, 6.45) is 0. The van der Waals surface area contributed by atoms with Gasteiger partial charge in [-0.25, -0.2) is 0 Å². The first kappa shape index (κ1) is 15.4. The molecule has 1 N–H and O–H groups in total. The third kappa shape index (κ3) is 2.84. The summed E-state index contributed by atoms with van der Waals surface area (Å²) < 4.78 is 0.737. The van der Waals surface area contributed by atoms with Gasteiger partial charge in [0, 0.05) is 14.7 Å². The lowest BCUT2D eigenvalue weighted by Gasteiger charge is -2.28. The van der Waals surface area contributed by atoms with E-state index in [2.05, 4.69) is 27.8 Å². The lowest BCUT2D eigenvalue weighted by atomic mass is 9.79. The normalized spacial score (nSPS) is 12.6. The summed E-state index contributed by atoms with van der Waals surface area (Å²) in [6.45, 7) is 12.1. The Bertz CT molecular complexity index is 482. The van der Waals surface area contributed by atoms with Gasteiger partial charge >= 0.3 is 0 Å². The summed E-state index contributed by atoms with van der Waals surface area (Å²) in [7, 11) is 0. The molecule has 1 aromatic carbocycles. The van der Waals surface area contributed by atoms with Gasteiger partial charge in [0.2, 0.25) is 0 Å². The predicted octanol–water partition coefficient (Wildman–Crippen LogP) is 4.99. The molecule has 0 spiro atoms. The van der Waals surface area contributed by atoms with Gasteiger partial charge in [0.25, 0.3) is 0 Å². The number of phenols is 1. The molecule has 100 valence electrons. The fourth-order valence-electron chi connectivity index (χ4n) is 1.96. The quantitative estimate of drug-likeness (QED) is 0.566. The molecule has 0 saturated carbocycles. The first-order chi connectivity index (χ1) is 8.00. The van der Waals surface area contributed by atoms with Crippen LogP contribution in [0, 0.1) is 8.48 Å². The third-order valence-corrected chi connectivity index (χ3v) is 3.97. The fraction of sp³-hybridized carbons (Fsp3) is 0.571. The summed E-state index contributed by atoms with van der Waals surface area (Å²) in [6, 6.07) is 1.69. The van der Waals surface area contributed by atoms with E-state index >= 15 is 0 Å². The van der Waals surface area contributed by atoms with Gasteiger partial charge in [-0.1, -0.05) is 41.5 Å². The number of halogens is 1. The van der Waals surface area contributed by atoms with Crippen molar-refractivity contribution in [2.75, 3.05) is 0 Å². The fourth-order valence-corrected chi connectivity index (χ4v) is 3.28. The van der Waals surface area contributed by atoms with Crippen LogP contribution in [-0.4, -0.2) is 5.11 Å². The Morgan fingerprint density at radius 3 is 1.94 bits per heavy atom. The number of hydrogen-bond acceptors (Lipinski definition) is 3. The SMILES string of the molecule is CC(C)(C)c1cc(N=O)c(I)c(C(C)(C)C)c1O. The Kier molecular flexibility index (Phi) is 4.10. The lowest BCUT2D eigenvalue weighted by molar-refractivity contribution is 0.422. The Morgan fingerprint density at radius 2 is 1.61 bits per heavy atom. The molecule has 0 radical (unpaired) electrons. The highest BCUT2D eigenvalue weighted by Crippen LogP contribution is 2.45. The van der Waals surface area contributed by atoms with Crippen LogP contribution in [0.1, 0.15) is 52.7 Å². The maximum Gasteiger partial charge on any atom is 0.124 e. The second-order valence-corrected chi connectivity index (χ2v) is 7.65. The highest BCUT2D eigenvalue weighted by atomic mass is 127. The first-order valence-electron chi connectivity index (χ1n) is 5.90. The van der Waals surface area contributed by atoms with E-state index in [1.54, 1.807) is 6.07 Å². The molecular formula is C14H20INO2. The molecule has 0 aromatic heterocycles. The zero-order chi connectivity index (χ0) is 14.3. The van der Waals surface area contributed by atoms with E-state index in [0.717, 1.165) is 14.7 Å². The van der Waals surface area contributed by atoms with Crippen LogP contribution < -0.4 is 0 Å². The Morgan fingerprint density at radius 1 is 1.11 bits per heavy atom. The van der Waals surface area contributed by atoms with Crippen LogP contribution in [0.4, 0.5) is 5.69 Å². The van der Waals surface area contributed by atoms with Crippen molar-refractivity contribution in [3.05, 3.63) is 25.7 Å². The molecule has 0 fully saturated rings. The van der Waals surface area contributed by atoms with Crippen molar-refractivity contribution in [2.24, 2.45) is 5.18 Å². The third-order valence-electron chi connectivity index (χ3n) is 2.87. The minimum atomic E-state index is -0.235. The number of phenolic OH excluding ortho intramolecular Hbond substituents is 1. The van der Waals surface area contributed by atoms with E-state index < -0.39 is 0 Å². The standard InChI is InChI=1S/C14H20INO2/c1-13(2,3)8-7-9(16-18)11(15)10(12(8)17)14(4,5)6/h7,17H,1-6H3. The molecule has 0 heterocycles. The molecule has 1 rings (SSSR count). The zero-order valence-electron chi connectivity index (χ0n) is 11.8. The smallest absolute Gasteiger partial charge is 0.124 e. The summed E-state index contributed by atoms with van der Waals surface area (Å²) in [5.41, 5.74) is 1.51. The van der Waals surface area contributed by atoms with Crippen LogP contribution in [0.15, 0.2) is 11.2 Å². The average molecular weight is 361 g/mol. The zero-order valence-corrected chi connectivity index (χ0v) is 13.9. The van der Waals surface area contributed by atoms with Crippen molar-refractivity contribution in [1.29, 1.82) is 0 Å². The minimum absolute atomic E-state index is 0.228. The topological polar surface area (TPSA) is 49.7 Å². The van der Waals surface area contributed by atoms with Gasteiger partial charge in [-0.15, -0.1) is 4.91 Å². The number of hydrogen-bond donors (Lipinski definition) is 1. The van der Waals surface area contributed by atoms with Gasteiger partial charge in [-0.2, -0.15) is 0 Å². The lowest BCUT2D eigenvalue weighted by Crippen LogP contribution is -2.18. The van der Waals surface area contributed by atoms with E-state index in [9.17, 15) is 10.0 Å². The van der Waals surface area contributed by atoms with Gasteiger partial charge < -0.3 is 5.11 Å². The first-order valence-corrected chi connectivity index (χ1v) is 6.97. The molecule has 3 nitrogen and oxygen atoms in total. The molecule has 0 saturated heterocycles. The Labute approximate surface area is 122 Å². The second kappa shape index (κ2) is 4.79. The molecule has 0 aliphatic heterocycles. The molecule has 0 amide bonds. The van der Waals surface area contributed by atoms with Crippen LogP contribution in [0.5, 0.6) is 5.75 Å². The predicted molar refractivity (Wildman–Crippen MR) is 83.7 cm³/mol. The highest BCUT2D eigenvalue weighted by molar-refractivity contribution is 14.1. The molecular weight excluding hydrogens is 341 g/mol. The minimum Gasteiger partial charge on any atom is -0.507 e. The van der Waals surface area contributed by atoms with Crippen molar-refractivity contribution in [2.45, 2.75) is 52.4 Å². The summed E-state index contributed by atoms with van der Waals surface area (Å²) in [5.74, 6) is 0.284. The van der Waals surface area contributed by atoms with Gasteiger partial charge in [0.1, 0.15) is 11.4 Å². The summed E-state index contributed by atoms with van der Waals surface area (Å²) in [4.78, 5) is 11.0. The van der Waals surface area contributed by atoms with Crippen molar-refractivity contribution < 1.29 is 5.11 Å².